The number of thiophene rings is 1. The molecule has 3 nitrogen and oxygen atoms in total. The second-order valence-corrected chi connectivity index (χ2v) is 8.54. The summed E-state index contributed by atoms with van der Waals surface area (Å²) in [7, 11) is 0. The van der Waals surface area contributed by atoms with Gasteiger partial charge < -0.3 is 5.32 Å². The van der Waals surface area contributed by atoms with Gasteiger partial charge in [0, 0.05) is 16.6 Å². The molecule has 1 aliphatic carbocycles. The van der Waals surface area contributed by atoms with Gasteiger partial charge in [-0.3, -0.25) is 0 Å². The van der Waals surface area contributed by atoms with Crippen LogP contribution in [-0.4, -0.2) is 9.97 Å². The number of hydrogen-bond acceptors (Lipinski definition) is 4. The van der Waals surface area contributed by atoms with Gasteiger partial charge in [0.1, 0.15) is 17.0 Å². The topological polar surface area (TPSA) is 37.8 Å². The van der Waals surface area contributed by atoms with Gasteiger partial charge in [-0.2, -0.15) is 0 Å². The number of rotatable bonds is 3. The Labute approximate surface area is 169 Å². The molecule has 140 valence electrons. The minimum absolute atomic E-state index is 0.880. The molecule has 0 amide bonds. The molecule has 0 atom stereocenters. The Morgan fingerprint density at radius 2 is 1.79 bits per heavy atom. The Balaban J connectivity index is 1.61. The molecule has 4 heteroatoms. The van der Waals surface area contributed by atoms with Crippen LogP contribution >= 0.6 is 11.3 Å². The van der Waals surface area contributed by atoms with Gasteiger partial charge in [-0.05, 0) is 67.9 Å². The number of nitrogens with one attached hydrogen (secondary N) is 1. The zero-order valence-electron chi connectivity index (χ0n) is 16.2. The van der Waals surface area contributed by atoms with E-state index in [0.29, 0.717) is 0 Å². The summed E-state index contributed by atoms with van der Waals surface area (Å²) in [6.07, 6.45) is 6.66. The highest BCUT2D eigenvalue weighted by Gasteiger charge is 2.16. The minimum atomic E-state index is 0.880. The number of aromatic nitrogens is 2. The molecule has 1 N–H and O–H groups in total. The first-order valence-electron chi connectivity index (χ1n) is 9.88. The van der Waals surface area contributed by atoms with Crippen molar-refractivity contribution in [2.24, 2.45) is 0 Å². The van der Waals surface area contributed by atoms with Gasteiger partial charge >= 0.3 is 0 Å². The summed E-state index contributed by atoms with van der Waals surface area (Å²) in [6, 6.07) is 13.4. The molecule has 2 heterocycles. The Hall–Kier alpha value is -2.72. The monoisotopic (exact) mass is 385 g/mol. The molecule has 0 spiro atoms. The van der Waals surface area contributed by atoms with Crippen LogP contribution in [0.5, 0.6) is 0 Å². The molecule has 0 unspecified atom stereocenters. The lowest BCUT2D eigenvalue weighted by Gasteiger charge is -2.17. The lowest BCUT2D eigenvalue weighted by atomic mass is 9.89. The summed E-state index contributed by atoms with van der Waals surface area (Å²) in [5, 5.41) is 6.89. The van der Waals surface area contributed by atoms with Crippen LogP contribution in [0.15, 0.2) is 48.1 Å². The van der Waals surface area contributed by atoms with Crippen LogP contribution in [-0.2, 0) is 12.8 Å². The number of benzene rings is 2. The number of hydrogen-bond donors (Lipinski definition) is 1. The maximum atomic E-state index is 4.60. The van der Waals surface area contributed by atoms with Crippen molar-refractivity contribution < 1.29 is 0 Å². The summed E-state index contributed by atoms with van der Waals surface area (Å²) in [6.45, 7) is 4.25. The zero-order chi connectivity index (χ0) is 19.1. The van der Waals surface area contributed by atoms with E-state index in [4.69, 9.17) is 0 Å². The average molecular weight is 386 g/mol. The summed E-state index contributed by atoms with van der Waals surface area (Å²) in [5.41, 5.74) is 9.08. The average Bonchev–Trinajstić information content (AvgIpc) is 3.15. The van der Waals surface area contributed by atoms with Crippen LogP contribution in [0, 0.1) is 13.8 Å². The highest BCUT2D eigenvalue weighted by atomic mass is 32.1. The molecule has 0 saturated carbocycles. The van der Waals surface area contributed by atoms with E-state index in [2.05, 4.69) is 70.9 Å². The molecule has 5 rings (SSSR count). The highest BCUT2D eigenvalue weighted by molar-refractivity contribution is 7.17. The molecule has 4 aromatic rings. The Kier molecular flexibility index (Phi) is 4.36. The number of nitrogens with zero attached hydrogens (tertiary/aromatic N) is 2. The van der Waals surface area contributed by atoms with Crippen molar-refractivity contribution in [1.82, 2.24) is 9.97 Å². The van der Waals surface area contributed by atoms with Gasteiger partial charge in [-0.15, -0.1) is 11.3 Å². The van der Waals surface area contributed by atoms with Crippen molar-refractivity contribution in [3.05, 3.63) is 70.4 Å². The first-order chi connectivity index (χ1) is 13.7. The van der Waals surface area contributed by atoms with E-state index >= 15 is 0 Å². The largest absolute Gasteiger partial charge is 0.339 e. The summed E-state index contributed by atoms with van der Waals surface area (Å²) in [5.74, 6) is 0.880. The van der Waals surface area contributed by atoms with Crippen molar-refractivity contribution in [2.45, 2.75) is 39.5 Å². The van der Waals surface area contributed by atoms with Crippen LogP contribution < -0.4 is 5.32 Å². The predicted octanol–water partition coefficient (Wildman–Crippen LogP) is 6.60. The third kappa shape index (κ3) is 3.08. The summed E-state index contributed by atoms with van der Waals surface area (Å²) in [4.78, 5) is 10.1. The van der Waals surface area contributed by atoms with E-state index < -0.39 is 0 Å². The first-order valence-corrected chi connectivity index (χ1v) is 10.8. The van der Waals surface area contributed by atoms with Crippen molar-refractivity contribution in [3.8, 4) is 11.1 Å². The molecule has 0 saturated heterocycles. The lowest BCUT2D eigenvalue weighted by Crippen LogP contribution is -2.02. The molecule has 2 aromatic carbocycles. The second kappa shape index (κ2) is 7.02. The Morgan fingerprint density at radius 1 is 0.929 bits per heavy atom. The molecule has 0 fully saturated rings. The third-order valence-electron chi connectivity index (χ3n) is 5.66. The van der Waals surface area contributed by atoms with Crippen molar-refractivity contribution in [3.63, 3.8) is 0 Å². The number of anilines is 2. The molecular formula is C24H23N3S. The summed E-state index contributed by atoms with van der Waals surface area (Å²) >= 11 is 1.69. The van der Waals surface area contributed by atoms with Gasteiger partial charge in [-0.25, -0.2) is 9.97 Å². The highest BCUT2D eigenvalue weighted by Crippen LogP contribution is 2.39. The van der Waals surface area contributed by atoms with Crippen molar-refractivity contribution >= 4 is 33.1 Å². The number of fused-ring (bicyclic) bond motifs is 2. The van der Waals surface area contributed by atoms with Gasteiger partial charge in [-0.1, -0.05) is 35.9 Å². The maximum Gasteiger partial charge on any atom is 0.143 e. The quantitative estimate of drug-likeness (QED) is 0.432. The fourth-order valence-corrected chi connectivity index (χ4v) is 5.08. The number of aryl methyl sites for hydroxylation is 4. The summed E-state index contributed by atoms with van der Waals surface area (Å²) < 4.78 is 0. The van der Waals surface area contributed by atoms with Crippen LogP contribution in [0.4, 0.5) is 11.5 Å². The molecule has 1 aliphatic rings. The normalized spacial score (nSPS) is 13.5. The Morgan fingerprint density at radius 3 is 2.64 bits per heavy atom. The van der Waals surface area contributed by atoms with E-state index in [1.54, 1.807) is 17.7 Å². The molecule has 0 radical (unpaired) electrons. The first kappa shape index (κ1) is 17.4. The van der Waals surface area contributed by atoms with Crippen molar-refractivity contribution in [2.75, 3.05) is 5.32 Å². The van der Waals surface area contributed by atoms with E-state index in [1.165, 1.54) is 59.1 Å². The van der Waals surface area contributed by atoms with Crippen LogP contribution in [0.3, 0.4) is 0 Å². The smallest absolute Gasteiger partial charge is 0.143 e. The standard InChI is InChI=1S/C24H23N3S/c1-15-7-10-21(16(2)11-15)27-23-22-20(13-28-24(22)26-14-25-23)19-9-8-17-5-3-4-6-18(17)12-19/h7-14H,3-6H2,1-2H3,(H,25,26,27). The third-order valence-corrected chi connectivity index (χ3v) is 6.55. The zero-order valence-corrected chi connectivity index (χ0v) is 17.1. The van der Waals surface area contributed by atoms with E-state index in [0.717, 1.165) is 21.7 Å². The minimum Gasteiger partial charge on any atom is -0.339 e. The SMILES string of the molecule is Cc1ccc(Nc2ncnc3scc(-c4ccc5c(c4)CCCC5)c23)c(C)c1. The van der Waals surface area contributed by atoms with Gasteiger partial charge in [0.2, 0.25) is 0 Å². The second-order valence-electron chi connectivity index (χ2n) is 7.69. The van der Waals surface area contributed by atoms with E-state index in [1.807, 2.05) is 0 Å². The van der Waals surface area contributed by atoms with Crippen LogP contribution in [0.2, 0.25) is 0 Å². The van der Waals surface area contributed by atoms with Gasteiger partial charge in [0.05, 0.1) is 5.39 Å². The van der Waals surface area contributed by atoms with E-state index in [9.17, 15) is 0 Å². The maximum absolute atomic E-state index is 4.60. The fraction of sp³-hybridized carbons (Fsp3) is 0.250. The predicted molar refractivity (Wildman–Crippen MR) is 119 cm³/mol. The van der Waals surface area contributed by atoms with Crippen molar-refractivity contribution in [1.29, 1.82) is 0 Å². The molecule has 0 bridgehead atoms. The Bertz CT molecular complexity index is 1180. The molecule has 2 aromatic heterocycles. The molecule has 28 heavy (non-hydrogen) atoms. The van der Waals surface area contributed by atoms with Crippen LogP contribution in [0.1, 0.15) is 35.1 Å². The fourth-order valence-electron chi connectivity index (χ4n) is 4.16. The molecular weight excluding hydrogens is 362 g/mol. The molecule has 0 aliphatic heterocycles. The van der Waals surface area contributed by atoms with Gasteiger partial charge in [0.25, 0.3) is 0 Å². The van der Waals surface area contributed by atoms with Gasteiger partial charge in [0.15, 0.2) is 0 Å². The van der Waals surface area contributed by atoms with Crippen LogP contribution in [0.25, 0.3) is 21.3 Å². The van der Waals surface area contributed by atoms with E-state index in [-0.39, 0.29) is 0 Å². The lowest BCUT2D eigenvalue weighted by molar-refractivity contribution is 0.686.